The van der Waals surface area contributed by atoms with E-state index in [9.17, 15) is 13.9 Å². The summed E-state index contributed by atoms with van der Waals surface area (Å²) in [5, 5.41) is 13.8. The number of hydrogen-bond acceptors (Lipinski definition) is 6. The van der Waals surface area contributed by atoms with E-state index in [2.05, 4.69) is 27.2 Å². The van der Waals surface area contributed by atoms with Crippen LogP contribution < -0.4 is 10.1 Å². The molecule has 1 aromatic heterocycles. The number of anilines is 1. The Kier molecular flexibility index (Phi) is 7.16. The topological polar surface area (TPSA) is 70.5 Å². The largest absolute Gasteiger partial charge is 0.492 e. The van der Waals surface area contributed by atoms with Crippen LogP contribution in [0.2, 0.25) is 0 Å². The Balaban J connectivity index is 1.63. The molecule has 1 fully saturated rings. The Morgan fingerprint density at radius 2 is 1.97 bits per heavy atom. The zero-order chi connectivity index (χ0) is 26.3. The van der Waals surface area contributed by atoms with Crippen molar-refractivity contribution in [2.24, 2.45) is 0 Å². The molecule has 36 heavy (non-hydrogen) atoms. The maximum absolute atomic E-state index is 15.3. The van der Waals surface area contributed by atoms with Crippen molar-refractivity contribution in [2.45, 2.75) is 64.1 Å². The standard InChI is InChI=1S/C27H33F3N4O2/c1-16(20-9-6-10-22(24(20)28)27(29,30)26(3,4)35)31-25-21-14-19(11-12-23(21)32-17(2)33-25)36-15-18-8-7-13-34(18)5/h6,9-12,14,16,18,35H,7-8,13,15H2,1-5H3,(H,31,32,33)/t16-,18+/m1/s1. The molecule has 4 rings (SSSR count). The molecule has 2 heterocycles. The molecular formula is C27H33F3N4O2. The molecule has 1 aliphatic rings. The average molecular weight is 503 g/mol. The van der Waals surface area contributed by atoms with Gasteiger partial charge in [-0.15, -0.1) is 0 Å². The highest BCUT2D eigenvalue weighted by Gasteiger charge is 2.49. The van der Waals surface area contributed by atoms with Crippen LogP contribution >= 0.6 is 0 Å². The van der Waals surface area contributed by atoms with Crippen molar-refractivity contribution in [1.29, 1.82) is 0 Å². The van der Waals surface area contributed by atoms with Crippen LogP contribution in [-0.2, 0) is 5.92 Å². The number of likely N-dealkylation sites (tertiary alicyclic amines) is 1. The number of aryl methyl sites for hydroxylation is 1. The van der Waals surface area contributed by atoms with E-state index in [1.54, 1.807) is 13.8 Å². The molecule has 2 atom stereocenters. The summed E-state index contributed by atoms with van der Waals surface area (Å²) in [6.45, 7) is 6.97. The van der Waals surface area contributed by atoms with Gasteiger partial charge >= 0.3 is 5.92 Å². The summed E-state index contributed by atoms with van der Waals surface area (Å²) in [4.78, 5) is 11.3. The van der Waals surface area contributed by atoms with Crippen LogP contribution in [0.1, 0.15) is 56.6 Å². The van der Waals surface area contributed by atoms with Crippen LogP contribution in [0.15, 0.2) is 36.4 Å². The van der Waals surface area contributed by atoms with Gasteiger partial charge in [-0.3, -0.25) is 0 Å². The van der Waals surface area contributed by atoms with Gasteiger partial charge in [0, 0.05) is 17.0 Å². The van der Waals surface area contributed by atoms with Crippen LogP contribution in [0.25, 0.3) is 10.9 Å². The van der Waals surface area contributed by atoms with Gasteiger partial charge in [-0.05, 0) is 78.4 Å². The Bertz CT molecular complexity index is 1250. The first-order valence-corrected chi connectivity index (χ1v) is 12.2. The molecule has 6 nitrogen and oxygen atoms in total. The number of hydrogen-bond donors (Lipinski definition) is 2. The summed E-state index contributed by atoms with van der Waals surface area (Å²) in [6, 6.07) is 9.02. The molecule has 9 heteroatoms. The molecule has 0 bridgehead atoms. The fourth-order valence-corrected chi connectivity index (χ4v) is 4.54. The molecule has 1 saturated heterocycles. The van der Waals surface area contributed by atoms with E-state index in [0.717, 1.165) is 39.3 Å². The van der Waals surface area contributed by atoms with Gasteiger partial charge in [0.1, 0.15) is 35.4 Å². The number of halogens is 3. The predicted molar refractivity (Wildman–Crippen MR) is 134 cm³/mol. The second-order valence-electron chi connectivity index (χ2n) is 10.1. The number of likely N-dealkylation sites (N-methyl/N-ethyl adjacent to an activating group) is 1. The minimum atomic E-state index is -3.77. The predicted octanol–water partition coefficient (Wildman–Crippen LogP) is 5.59. The number of nitrogens with one attached hydrogen (secondary N) is 1. The first kappa shape index (κ1) is 26.2. The van der Waals surface area contributed by atoms with E-state index in [4.69, 9.17) is 4.74 Å². The van der Waals surface area contributed by atoms with Gasteiger partial charge in [-0.1, -0.05) is 12.1 Å². The number of benzene rings is 2. The van der Waals surface area contributed by atoms with Crippen LogP contribution in [0, 0.1) is 12.7 Å². The highest BCUT2D eigenvalue weighted by atomic mass is 19.3. The molecule has 0 aliphatic carbocycles. The summed E-state index contributed by atoms with van der Waals surface area (Å²) in [7, 11) is 2.09. The van der Waals surface area contributed by atoms with E-state index in [-0.39, 0.29) is 5.56 Å². The minimum Gasteiger partial charge on any atom is -0.492 e. The molecule has 1 aliphatic heterocycles. The van der Waals surface area contributed by atoms with E-state index >= 15 is 4.39 Å². The number of ether oxygens (including phenoxy) is 1. The third-order valence-electron chi connectivity index (χ3n) is 6.85. The first-order chi connectivity index (χ1) is 16.9. The van der Waals surface area contributed by atoms with Gasteiger partial charge in [0.05, 0.1) is 17.1 Å². The van der Waals surface area contributed by atoms with Gasteiger partial charge in [-0.25, -0.2) is 14.4 Å². The summed E-state index contributed by atoms with van der Waals surface area (Å²) in [5.74, 6) is -3.20. The van der Waals surface area contributed by atoms with Crippen LogP contribution in [0.3, 0.4) is 0 Å². The highest BCUT2D eigenvalue weighted by Crippen LogP contribution is 2.41. The molecule has 194 valence electrons. The summed E-state index contributed by atoms with van der Waals surface area (Å²) >= 11 is 0. The summed E-state index contributed by atoms with van der Waals surface area (Å²) in [5.41, 5.74) is -2.55. The van der Waals surface area contributed by atoms with Crippen molar-refractivity contribution in [2.75, 3.05) is 25.5 Å². The molecule has 2 aromatic carbocycles. The fourth-order valence-electron chi connectivity index (χ4n) is 4.54. The van der Waals surface area contributed by atoms with Crippen LogP contribution in [-0.4, -0.2) is 51.8 Å². The molecule has 0 amide bonds. The van der Waals surface area contributed by atoms with Crippen molar-refractivity contribution in [3.63, 3.8) is 0 Å². The summed E-state index contributed by atoms with van der Waals surface area (Å²) in [6.07, 6.45) is 2.24. The number of aliphatic hydroxyl groups is 1. The lowest BCUT2D eigenvalue weighted by Gasteiger charge is -2.30. The Labute approximate surface area is 209 Å². The maximum Gasteiger partial charge on any atom is 0.303 e. The lowest BCUT2D eigenvalue weighted by Crippen LogP contribution is -2.41. The zero-order valence-electron chi connectivity index (χ0n) is 21.3. The van der Waals surface area contributed by atoms with Crippen molar-refractivity contribution >= 4 is 16.7 Å². The number of aromatic nitrogens is 2. The molecule has 2 N–H and O–H groups in total. The monoisotopic (exact) mass is 502 g/mol. The van der Waals surface area contributed by atoms with E-state index in [1.807, 2.05) is 18.2 Å². The maximum atomic E-state index is 15.3. The second kappa shape index (κ2) is 9.86. The van der Waals surface area contributed by atoms with Crippen molar-refractivity contribution < 1.29 is 23.0 Å². The third kappa shape index (κ3) is 5.13. The number of fused-ring (bicyclic) bond motifs is 1. The normalized spacial score (nSPS) is 18.0. The quantitative estimate of drug-likeness (QED) is 0.419. The SMILES string of the molecule is Cc1nc(N[C@H](C)c2cccc(C(F)(F)C(C)(C)O)c2F)c2cc(OC[C@@H]3CCCN3C)ccc2n1. The lowest BCUT2D eigenvalue weighted by molar-refractivity contribution is -0.170. The van der Waals surface area contributed by atoms with Gasteiger partial charge in [0.2, 0.25) is 0 Å². The van der Waals surface area contributed by atoms with Gasteiger partial charge < -0.3 is 20.1 Å². The van der Waals surface area contributed by atoms with Gasteiger partial charge in [0.15, 0.2) is 0 Å². The number of rotatable bonds is 8. The Hall–Kier alpha value is -2.91. The lowest BCUT2D eigenvalue weighted by atomic mass is 9.91. The number of alkyl halides is 2. The van der Waals surface area contributed by atoms with E-state index < -0.39 is 28.9 Å². The van der Waals surface area contributed by atoms with E-state index in [1.165, 1.54) is 12.1 Å². The van der Waals surface area contributed by atoms with Crippen molar-refractivity contribution in [3.05, 3.63) is 59.2 Å². The first-order valence-electron chi connectivity index (χ1n) is 12.2. The van der Waals surface area contributed by atoms with Gasteiger partial charge in [-0.2, -0.15) is 8.78 Å². The molecule has 0 saturated carbocycles. The molecule has 3 aromatic rings. The van der Waals surface area contributed by atoms with Crippen molar-refractivity contribution in [1.82, 2.24) is 14.9 Å². The molecule has 0 spiro atoms. The minimum absolute atomic E-state index is 0.0394. The Morgan fingerprint density at radius 1 is 1.22 bits per heavy atom. The van der Waals surface area contributed by atoms with Crippen molar-refractivity contribution in [3.8, 4) is 5.75 Å². The van der Waals surface area contributed by atoms with Crippen LogP contribution in [0.4, 0.5) is 19.0 Å². The average Bonchev–Trinajstić information content (AvgIpc) is 3.21. The number of nitrogens with zero attached hydrogens (tertiary/aromatic N) is 3. The summed E-state index contributed by atoms with van der Waals surface area (Å²) < 4.78 is 50.9. The molecule has 0 radical (unpaired) electrons. The van der Waals surface area contributed by atoms with E-state index in [0.29, 0.717) is 40.9 Å². The highest BCUT2D eigenvalue weighted by molar-refractivity contribution is 5.90. The van der Waals surface area contributed by atoms with Crippen LogP contribution in [0.5, 0.6) is 5.75 Å². The molecular weight excluding hydrogens is 469 g/mol. The van der Waals surface area contributed by atoms with Gasteiger partial charge in [0.25, 0.3) is 0 Å². The fraction of sp³-hybridized carbons (Fsp3) is 0.481. The smallest absolute Gasteiger partial charge is 0.303 e. The zero-order valence-corrected chi connectivity index (χ0v) is 21.3. The molecule has 0 unspecified atom stereocenters. The second-order valence-corrected chi connectivity index (χ2v) is 10.1. The third-order valence-corrected chi connectivity index (χ3v) is 6.85. The Morgan fingerprint density at radius 3 is 2.64 bits per heavy atom.